The molecule has 0 aromatic heterocycles. The molecule has 21 heavy (non-hydrogen) atoms. The number of halogens is 3. The van der Waals surface area contributed by atoms with E-state index in [4.69, 9.17) is 4.74 Å². The third-order valence-corrected chi connectivity index (χ3v) is 2.58. The lowest BCUT2D eigenvalue weighted by molar-refractivity contribution is -0.275. The van der Waals surface area contributed by atoms with E-state index in [9.17, 15) is 23.1 Å². The fourth-order valence-corrected chi connectivity index (χ4v) is 1.48. The Labute approximate surface area is 119 Å². The molecule has 0 radical (unpaired) electrons. The predicted octanol–water partition coefficient (Wildman–Crippen LogP) is 3.65. The third-order valence-electron chi connectivity index (χ3n) is 2.58. The maximum absolute atomic E-state index is 12.1. The molecule has 0 aliphatic rings. The summed E-state index contributed by atoms with van der Waals surface area (Å²) in [6.07, 6.45) is -4.90. The normalized spacial score (nSPS) is 11.9. The van der Waals surface area contributed by atoms with E-state index < -0.39 is 29.4 Å². The van der Waals surface area contributed by atoms with Crippen molar-refractivity contribution in [3.05, 3.63) is 35.9 Å². The van der Waals surface area contributed by atoms with Gasteiger partial charge in [0.2, 0.25) is 0 Å². The summed E-state index contributed by atoms with van der Waals surface area (Å²) in [6.45, 7) is 7.97. The van der Waals surface area contributed by atoms with E-state index in [0.29, 0.717) is 5.56 Å². The summed E-state index contributed by atoms with van der Waals surface area (Å²) in [5.74, 6) is -2.08. The van der Waals surface area contributed by atoms with Gasteiger partial charge in [0.15, 0.2) is 11.5 Å². The molecule has 0 amide bonds. The molecule has 1 N–H and O–H groups in total. The van der Waals surface area contributed by atoms with E-state index in [1.807, 2.05) is 0 Å². The molecular weight excluding hydrogens is 289 g/mol. The molecule has 0 heterocycles. The summed E-state index contributed by atoms with van der Waals surface area (Å²) < 4.78 is 45.1. The number of carbonyl (C=O) groups excluding carboxylic acids is 1. The van der Waals surface area contributed by atoms with Crippen molar-refractivity contribution < 1.29 is 32.5 Å². The Kier molecular flexibility index (Phi) is 4.56. The highest BCUT2D eigenvalue weighted by molar-refractivity contribution is 5.87. The largest absolute Gasteiger partial charge is 0.573 e. The highest BCUT2D eigenvalue weighted by atomic mass is 19.4. The highest BCUT2D eigenvalue weighted by Gasteiger charge is 2.33. The predicted molar refractivity (Wildman–Crippen MR) is 68.7 cm³/mol. The molecule has 0 spiro atoms. The van der Waals surface area contributed by atoms with Gasteiger partial charge in [-0.15, -0.1) is 13.2 Å². The molecule has 116 valence electrons. The number of carbonyl (C=O) groups is 1. The van der Waals surface area contributed by atoms with Crippen molar-refractivity contribution in [1.82, 2.24) is 0 Å². The quantitative estimate of drug-likeness (QED) is 0.681. The van der Waals surface area contributed by atoms with Crippen molar-refractivity contribution in [2.75, 3.05) is 0 Å². The van der Waals surface area contributed by atoms with Crippen LogP contribution in [0.2, 0.25) is 0 Å². The molecule has 1 aromatic carbocycles. The monoisotopic (exact) mass is 304 g/mol. The van der Waals surface area contributed by atoms with Gasteiger partial charge in [0.05, 0.1) is 0 Å². The summed E-state index contributed by atoms with van der Waals surface area (Å²) in [5, 5.41) is 9.58. The highest BCUT2D eigenvalue weighted by Crippen LogP contribution is 2.36. The molecule has 1 aromatic rings. The minimum atomic E-state index is -4.90. The van der Waals surface area contributed by atoms with Gasteiger partial charge in [0.25, 0.3) is 0 Å². The average Bonchev–Trinajstić information content (AvgIpc) is 2.29. The van der Waals surface area contributed by atoms with Gasteiger partial charge in [-0.3, -0.25) is 0 Å². The first-order valence-electron chi connectivity index (χ1n) is 5.90. The lowest BCUT2D eigenvalue weighted by Gasteiger charge is -2.26. The number of esters is 1. The van der Waals surface area contributed by atoms with Gasteiger partial charge in [-0.1, -0.05) is 12.6 Å². The van der Waals surface area contributed by atoms with Crippen LogP contribution in [0.5, 0.6) is 11.5 Å². The van der Waals surface area contributed by atoms with Gasteiger partial charge in [-0.05, 0) is 38.5 Å². The molecule has 4 nitrogen and oxygen atoms in total. The molecular formula is C14H15F3O4. The van der Waals surface area contributed by atoms with Gasteiger partial charge < -0.3 is 14.6 Å². The summed E-state index contributed by atoms with van der Waals surface area (Å²) >= 11 is 0. The van der Waals surface area contributed by atoms with Gasteiger partial charge in [-0.2, -0.15) is 0 Å². The van der Waals surface area contributed by atoms with Crippen LogP contribution in [0, 0.1) is 0 Å². The van der Waals surface area contributed by atoms with Crippen molar-refractivity contribution in [2.45, 2.75) is 32.7 Å². The Hall–Kier alpha value is -2.18. The first kappa shape index (κ1) is 16.9. The maximum atomic E-state index is 12.1. The lowest BCUT2D eigenvalue weighted by atomic mass is 9.97. The lowest BCUT2D eigenvalue weighted by Crippen LogP contribution is -2.26. The first-order chi connectivity index (χ1) is 9.42. The standard InChI is InChI=1S/C14H15F3O4/c1-8(2)12(19)21-13(3,4)9-5-6-11(10(18)7-9)20-14(15,16)17/h5-7,18H,1H2,2-4H3. The SMILES string of the molecule is C=C(C)C(=O)OC(C)(C)c1ccc(OC(F)(F)F)c(O)c1. The minimum Gasteiger partial charge on any atom is -0.504 e. The van der Waals surface area contributed by atoms with Crippen molar-refractivity contribution in [1.29, 1.82) is 0 Å². The number of alkyl halides is 3. The number of phenolic OH excluding ortho intramolecular Hbond substituents is 1. The summed E-state index contributed by atoms with van der Waals surface area (Å²) in [6, 6.07) is 3.27. The molecule has 0 unspecified atom stereocenters. The molecule has 0 fully saturated rings. The Morgan fingerprint density at radius 3 is 2.29 bits per heavy atom. The Morgan fingerprint density at radius 2 is 1.86 bits per heavy atom. The van der Waals surface area contributed by atoms with Gasteiger partial charge in [0, 0.05) is 5.57 Å². The van der Waals surface area contributed by atoms with E-state index in [1.54, 1.807) is 0 Å². The van der Waals surface area contributed by atoms with Crippen LogP contribution in [0.4, 0.5) is 13.2 Å². The summed E-state index contributed by atoms with van der Waals surface area (Å²) in [7, 11) is 0. The molecule has 0 saturated heterocycles. The average molecular weight is 304 g/mol. The van der Waals surface area contributed by atoms with Crippen molar-refractivity contribution in [3.63, 3.8) is 0 Å². The molecule has 0 aliphatic heterocycles. The zero-order chi connectivity index (χ0) is 16.4. The van der Waals surface area contributed by atoms with Crippen LogP contribution in [0.1, 0.15) is 26.3 Å². The molecule has 0 atom stereocenters. The second-order valence-electron chi connectivity index (χ2n) is 4.91. The fourth-order valence-electron chi connectivity index (χ4n) is 1.48. The van der Waals surface area contributed by atoms with E-state index in [2.05, 4.69) is 11.3 Å². The van der Waals surface area contributed by atoms with Crippen LogP contribution in [0.15, 0.2) is 30.4 Å². The zero-order valence-corrected chi connectivity index (χ0v) is 11.7. The van der Waals surface area contributed by atoms with E-state index >= 15 is 0 Å². The number of phenols is 1. The number of hydrogen-bond donors (Lipinski definition) is 1. The van der Waals surface area contributed by atoms with Crippen LogP contribution in [-0.4, -0.2) is 17.4 Å². The Bertz CT molecular complexity index is 562. The first-order valence-corrected chi connectivity index (χ1v) is 5.90. The Morgan fingerprint density at radius 1 is 1.29 bits per heavy atom. The van der Waals surface area contributed by atoms with Crippen molar-refractivity contribution >= 4 is 5.97 Å². The smallest absolute Gasteiger partial charge is 0.504 e. The summed E-state index contributed by atoms with van der Waals surface area (Å²) in [4.78, 5) is 11.5. The van der Waals surface area contributed by atoms with Crippen molar-refractivity contribution in [3.8, 4) is 11.5 Å². The molecule has 0 saturated carbocycles. The Balaban J connectivity index is 3.02. The van der Waals surface area contributed by atoms with Crippen LogP contribution >= 0.6 is 0 Å². The van der Waals surface area contributed by atoms with Crippen molar-refractivity contribution in [2.24, 2.45) is 0 Å². The second-order valence-corrected chi connectivity index (χ2v) is 4.91. The van der Waals surface area contributed by atoms with E-state index in [1.165, 1.54) is 26.8 Å². The maximum Gasteiger partial charge on any atom is 0.573 e. The molecule has 7 heteroatoms. The van der Waals surface area contributed by atoms with Crippen LogP contribution in [0.3, 0.4) is 0 Å². The molecule has 0 aliphatic carbocycles. The third kappa shape index (κ3) is 4.70. The topological polar surface area (TPSA) is 55.8 Å². The van der Waals surface area contributed by atoms with Crippen LogP contribution in [-0.2, 0) is 15.1 Å². The van der Waals surface area contributed by atoms with Crippen LogP contribution < -0.4 is 4.74 Å². The fraction of sp³-hybridized carbons (Fsp3) is 0.357. The van der Waals surface area contributed by atoms with Crippen LogP contribution in [0.25, 0.3) is 0 Å². The second kappa shape index (κ2) is 5.67. The number of ether oxygens (including phenoxy) is 2. The number of rotatable bonds is 4. The number of hydrogen-bond acceptors (Lipinski definition) is 4. The minimum absolute atomic E-state index is 0.185. The number of benzene rings is 1. The van der Waals surface area contributed by atoms with Gasteiger partial charge in [0.1, 0.15) is 5.60 Å². The van der Waals surface area contributed by atoms with Gasteiger partial charge in [-0.25, -0.2) is 4.79 Å². The van der Waals surface area contributed by atoms with E-state index in [-0.39, 0.29) is 5.57 Å². The molecule has 1 rings (SSSR count). The van der Waals surface area contributed by atoms with E-state index in [0.717, 1.165) is 12.1 Å². The molecule has 0 bridgehead atoms. The zero-order valence-electron chi connectivity index (χ0n) is 11.7. The number of aromatic hydroxyl groups is 1. The van der Waals surface area contributed by atoms with Gasteiger partial charge >= 0.3 is 12.3 Å². The summed E-state index contributed by atoms with van der Waals surface area (Å²) in [5.41, 5.74) is -0.655.